The molecule has 0 aliphatic heterocycles. The highest BCUT2D eigenvalue weighted by atomic mass is 35.5. The first-order chi connectivity index (χ1) is 9.74. The normalized spacial score (nSPS) is 10.1. The predicted molar refractivity (Wildman–Crippen MR) is 79.7 cm³/mol. The highest BCUT2D eigenvalue weighted by Gasteiger charge is 2.07. The lowest BCUT2D eigenvalue weighted by molar-refractivity contribution is 0.303. The number of hydrogen-bond donors (Lipinski definition) is 1. The fraction of sp³-hybridized carbons (Fsp3) is 0.188. The third-order valence-corrected chi connectivity index (χ3v) is 3.27. The van der Waals surface area contributed by atoms with E-state index in [1.807, 2.05) is 36.4 Å². The zero-order chi connectivity index (χ0) is 14.4. The van der Waals surface area contributed by atoms with Crippen molar-refractivity contribution in [2.24, 2.45) is 5.73 Å². The Morgan fingerprint density at radius 2 is 2.00 bits per heavy atom. The van der Waals surface area contributed by atoms with Gasteiger partial charge >= 0.3 is 0 Å². The van der Waals surface area contributed by atoms with Gasteiger partial charge in [0, 0.05) is 10.6 Å². The van der Waals surface area contributed by atoms with E-state index in [4.69, 9.17) is 27.3 Å². The van der Waals surface area contributed by atoms with E-state index >= 15 is 0 Å². The molecule has 0 amide bonds. The summed E-state index contributed by atoms with van der Waals surface area (Å²) in [5.74, 6) is 0.741. The van der Waals surface area contributed by atoms with Crippen molar-refractivity contribution in [1.82, 2.24) is 0 Å². The van der Waals surface area contributed by atoms with E-state index in [-0.39, 0.29) is 0 Å². The summed E-state index contributed by atoms with van der Waals surface area (Å²) < 4.78 is 5.81. The highest BCUT2D eigenvalue weighted by Crippen LogP contribution is 2.27. The Morgan fingerprint density at radius 3 is 2.75 bits per heavy atom. The summed E-state index contributed by atoms with van der Waals surface area (Å²) in [6.45, 7) is 0.914. The molecule has 0 atom stereocenters. The molecule has 0 saturated carbocycles. The van der Waals surface area contributed by atoms with E-state index in [1.165, 1.54) is 0 Å². The summed E-state index contributed by atoms with van der Waals surface area (Å²) in [4.78, 5) is 0. The van der Waals surface area contributed by atoms with Crippen LogP contribution in [-0.2, 0) is 13.0 Å². The van der Waals surface area contributed by atoms with Gasteiger partial charge in [0.05, 0.1) is 11.6 Å². The number of hydrogen-bond acceptors (Lipinski definition) is 3. The lowest BCUT2D eigenvalue weighted by Crippen LogP contribution is -2.06. The molecule has 0 aliphatic carbocycles. The maximum Gasteiger partial charge on any atom is 0.124 e. The summed E-state index contributed by atoms with van der Waals surface area (Å²) in [5.41, 5.74) is 8.09. The molecule has 0 aliphatic rings. The van der Waals surface area contributed by atoms with Gasteiger partial charge in [-0.1, -0.05) is 29.8 Å². The molecule has 0 heterocycles. The van der Waals surface area contributed by atoms with Gasteiger partial charge < -0.3 is 10.5 Å². The molecule has 2 N–H and O–H groups in total. The Kier molecular flexibility index (Phi) is 5.00. The van der Waals surface area contributed by atoms with Gasteiger partial charge in [-0.15, -0.1) is 0 Å². The number of ether oxygens (including phenoxy) is 1. The molecule has 4 heteroatoms. The molecule has 0 unspecified atom stereocenters. The standard InChI is InChI=1S/C16H15ClN2O/c17-15-5-2-6-16(14(15)7-8-18)20-11-13-4-1-3-12(9-13)10-19/h1-6,9H,7-8,11,18H2. The zero-order valence-electron chi connectivity index (χ0n) is 11.0. The number of nitrogens with zero attached hydrogens (tertiary/aromatic N) is 1. The molecule has 0 spiro atoms. The molecule has 0 bridgehead atoms. The second kappa shape index (κ2) is 6.95. The van der Waals surface area contributed by atoms with Crippen molar-refractivity contribution >= 4 is 11.6 Å². The van der Waals surface area contributed by atoms with Gasteiger partial charge in [-0.3, -0.25) is 0 Å². The summed E-state index contributed by atoms with van der Waals surface area (Å²) in [6.07, 6.45) is 0.674. The zero-order valence-corrected chi connectivity index (χ0v) is 11.7. The van der Waals surface area contributed by atoms with Crippen LogP contribution in [0.15, 0.2) is 42.5 Å². The van der Waals surface area contributed by atoms with E-state index in [2.05, 4.69) is 6.07 Å². The monoisotopic (exact) mass is 286 g/mol. The molecular weight excluding hydrogens is 272 g/mol. The minimum atomic E-state index is 0.396. The van der Waals surface area contributed by atoms with Gasteiger partial charge in [0.2, 0.25) is 0 Å². The third kappa shape index (κ3) is 3.51. The highest BCUT2D eigenvalue weighted by molar-refractivity contribution is 6.31. The second-order valence-corrected chi connectivity index (χ2v) is 4.76. The fourth-order valence-corrected chi connectivity index (χ4v) is 2.21. The van der Waals surface area contributed by atoms with Crippen LogP contribution in [0.25, 0.3) is 0 Å². The van der Waals surface area contributed by atoms with E-state index in [9.17, 15) is 0 Å². The van der Waals surface area contributed by atoms with Gasteiger partial charge in [0.1, 0.15) is 12.4 Å². The number of halogens is 1. The molecule has 3 nitrogen and oxygen atoms in total. The number of rotatable bonds is 5. The van der Waals surface area contributed by atoms with Crippen molar-refractivity contribution in [3.63, 3.8) is 0 Å². The second-order valence-electron chi connectivity index (χ2n) is 4.36. The molecule has 2 aromatic carbocycles. The molecule has 20 heavy (non-hydrogen) atoms. The Labute approximate surface area is 123 Å². The molecule has 2 aromatic rings. The Hall–Kier alpha value is -2.02. The van der Waals surface area contributed by atoms with Crippen LogP contribution in [0.5, 0.6) is 5.75 Å². The fourth-order valence-electron chi connectivity index (χ4n) is 1.95. The van der Waals surface area contributed by atoms with Crippen LogP contribution >= 0.6 is 11.6 Å². The molecule has 2 rings (SSSR count). The third-order valence-electron chi connectivity index (χ3n) is 2.92. The minimum Gasteiger partial charge on any atom is -0.489 e. The van der Waals surface area contributed by atoms with Crippen LogP contribution < -0.4 is 10.5 Å². The lowest BCUT2D eigenvalue weighted by Gasteiger charge is -2.12. The first-order valence-corrected chi connectivity index (χ1v) is 6.71. The summed E-state index contributed by atoms with van der Waals surface area (Å²) in [7, 11) is 0. The quantitative estimate of drug-likeness (QED) is 0.917. The first-order valence-electron chi connectivity index (χ1n) is 6.34. The molecule has 0 saturated heterocycles. The van der Waals surface area contributed by atoms with Crippen molar-refractivity contribution in [1.29, 1.82) is 5.26 Å². The number of benzene rings is 2. The Bertz CT molecular complexity index is 635. The van der Waals surface area contributed by atoms with Crippen LogP contribution in [0.4, 0.5) is 0 Å². The maximum absolute atomic E-state index is 8.88. The van der Waals surface area contributed by atoms with Crippen LogP contribution in [0, 0.1) is 11.3 Å². The topological polar surface area (TPSA) is 59.0 Å². The van der Waals surface area contributed by atoms with Crippen molar-refractivity contribution in [3.05, 3.63) is 64.2 Å². The minimum absolute atomic E-state index is 0.396. The van der Waals surface area contributed by atoms with Gasteiger partial charge in [-0.05, 0) is 42.8 Å². The predicted octanol–water partition coefficient (Wildman–Crippen LogP) is 3.29. The van der Waals surface area contributed by atoms with Crippen molar-refractivity contribution in [2.45, 2.75) is 13.0 Å². The van der Waals surface area contributed by atoms with E-state index < -0.39 is 0 Å². The summed E-state index contributed by atoms with van der Waals surface area (Å²) in [6, 6.07) is 15.0. The van der Waals surface area contributed by atoms with Crippen LogP contribution in [0.3, 0.4) is 0 Å². The van der Waals surface area contributed by atoms with Gasteiger partial charge in [-0.2, -0.15) is 5.26 Å². The first kappa shape index (κ1) is 14.4. The molecule has 0 radical (unpaired) electrons. The van der Waals surface area contributed by atoms with Gasteiger partial charge in [-0.25, -0.2) is 0 Å². The van der Waals surface area contributed by atoms with E-state index in [1.54, 1.807) is 6.07 Å². The largest absolute Gasteiger partial charge is 0.489 e. The Morgan fingerprint density at radius 1 is 1.20 bits per heavy atom. The average molecular weight is 287 g/mol. The summed E-state index contributed by atoms with van der Waals surface area (Å²) in [5, 5.41) is 9.54. The maximum atomic E-state index is 8.88. The van der Waals surface area contributed by atoms with Crippen molar-refractivity contribution < 1.29 is 4.74 Å². The SMILES string of the molecule is N#Cc1cccc(COc2cccc(Cl)c2CCN)c1. The van der Waals surface area contributed by atoms with Crippen LogP contribution in [0.1, 0.15) is 16.7 Å². The van der Waals surface area contributed by atoms with Crippen LogP contribution in [0.2, 0.25) is 5.02 Å². The van der Waals surface area contributed by atoms with Gasteiger partial charge in [0.15, 0.2) is 0 Å². The smallest absolute Gasteiger partial charge is 0.124 e. The molecule has 0 fully saturated rings. The lowest BCUT2D eigenvalue weighted by atomic mass is 10.1. The number of nitriles is 1. The van der Waals surface area contributed by atoms with Gasteiger partial charge in [0.25, 0.3) is 0 Å². The molecular formula is C16H15ClN2O. The van der Waals surface area contributed by atoms with E-state index in [0.717, 1.165) is 16.9 Å². The molecule has 102 valence electrons. The Balaban J connectivity index is 2.14. The van der Waals surface area contributed by atoms with Crippen molar-refractivity contribution in [2.75, 3.05) is 6.54 Å². The average Bonchev–Trinajstić information content (AvgIpc) is 2.48. The van der Waals surface area contributed by atoms with E-state index in [0.29, 0.717) is 30.2 Å². The van der Waals surface area contributed by atoms with Crippen molar-refractivity contribution in [3.8, 4) is 11.8 Å². The van der Waals surface area contributed by atoms with Crippen LogP contribution in [-0.4, -0.2) is 6.54 Å². The summed E-state index contributed by atoms with van der Waals surface area (Å²) >= 11 is 6.16. The molecule has 0 aromatic heterocycles. The number of nitrogens with two attached hydrogens (primary N) is 1.